The molecule has 0 saturated carbocycles. The smallest absolute Gasteiger partial charge is 0.253 e. The topological polar surface area (TPSA) is 67.2 Å². The third-order valence-corrected chi connectivity index (χ3v) is 3.94. The van der Waals surface area contributed by atoms with Crippen molar-refractivity contribution in [3.8, 4) is 0 Å². The van der Waals surface area contributed by atoms with Crippen molar-refractivity contribution >= 4 is 17.3 Å². The van der Waals surface area contributed by atoms with Crippen LogP contribution in [0.2, 0.25) is 0 Å². The number of rotatable bonds is 6. The van der Waals surface area contributed by atoms with E-state index in [0.29, 0.717) is 5.69 Å². The lowest BCUT2D eigenvalue weighted by Gasteiger charge is -2.22. The van der Waals surface area contributed by atoms with E-state index in [0.717, 1.165) is 30.0 Å². The summed E-state index contributed by atoms with van der Waals surface area (Å²) in [5.41, 5.74) is 3.28. The maximum atomic E-state index is 12.2. The molecule has 0 bridgehead atoms. The SMILES string of the molecule is CCN(CC)c1ccc(NC(=O)Cn2cnc(C)cc2=O)c(C)c1. The van der Waals surface area contributed by atoms with Crippen LogP contribution in [0.5, 0.6) is 0 Å². The number of nitrogens with one attached hydrogen (secondary N) is 1. The molecule has 0 aliphatic rings. The fourth-order valence-corrected chi connectivity index (χ4v) is 2.55. The highest BCUT2D eigenvalue weighted by Crippen LogP contribution is 2.22. The lowest BCUT2D eigenvalue weighted by molar-refractivity contribution is -0.116. The molecule has 1 heterocycles. The fourth-order valence-electron chi connectivity index (χ4n) is 2.55. The Labute approximate surface area is 142 Å². The van der Waals surface area contributed by atoms with Crippen LogP contribution < -0.4 is 15.8 Å². The number of carbonyl (C=O) groups is 1. The van der Waals surface area contributed by atoms with Gasteiger partial charge in [0.05, 0.1) is 6.33 Å². The molecular weight excluding hydrogens is 304 g/mol. The third kappa shape index (κ3) is 4.22. The van der Waals surface area contributed by atoms with E-state index in [4.69, 9.17) is 0 Å². The van der Waals surface area contributed by atoms with Gasteiger partial charge in [0.1, 0.15) is 6.54 Å². The first-order valence-electron chi connectivity index (χ1n) is 8.13. The highest BCUT2D eigenvalue weighted by atomic mass is 16.2. The van der Waals surface area contributed by atoms with Crippen molar-refractivity contribution in [2.24, 2.45) is 0 Å². The van der Waals surface area contributed by atoms with Gasteiger partial charge in [-0.05, 0) is 51.5 Å². The summed E-state index contributed by atoms with van der Waals surface area (Å²) in [6.45, 7) is 9.75. The van der Waals surface area contributed by atoms with Crippen LogP contribution in [-0.4, -0.2) is 28.5 Å². The second-order valence-corrected chi connectivity index (χ2v) is 5.72. The molecule has 6 heteroatoms. The summed E-state index contributed by atoms with van der Waals surface area (Å²) >= 11 is 0. The summed E-state index contributed by atoms with van der Waals surface area (Å²) < 4.78 is 1.29. The summed E-state index contributed by atoms with van der Waals surface area (Å²) in [6, 6.07) is 7.37. The van der Waals surface area contributed by atoms with Crippen molar-refractivity contribution in [3.05, 3.63) is 52.2 Å². The van der Waals surface area contributed by atoms with Gasteiger partial charge in [0.2, 0.25) is 5.91 Å². The highest BCUT2D eigenvalue weighted by Gasteiger charge is 2.09. The van der Waals surface area contributed by atoms with Crippen LogP contribution in [0, 0.1) is 13.8 Å². The molecule has 6 nitrogen and oxygen atoms in total. The predicted molar refractivity (Wildman–Crippen MR) is 96.6 cm³/mol. The van der Waals surface area contributed by atoms with Crippen LogP contribution in [-0.2, 0) is 11.3 Å². The van der Waals surface area contributed by atoms with Gasteiger partial charge >= 0.3 is 0 Å². The lowest BCUT2D eigenvalue weighted by atomic mass is 10.1. The van der Waals surface area contributed by atoms with Crippen molar-refractivity contribution in [1.82, 2.24) is 9.55 Å². The number of benzene rings is 1. The minimum atomic E-state index is -0.249. The van der Waals surface area contributed by atoms with Crippen LogP contribution >= 0.6 is 0 Å². The zero-order chi connectivity index (χ0) is 17.7. The number of hydrogen-bond donors (Lipinski definition) is 1. The van der Waals surface area contributed by atoms with Gasteiger partial charge in [0.15, 0.2) is 0 Å². The third-order valence-electron chi connectivity index (χ3n) is 3.94. The van der Waals surface area contributed by atoms with E-state index in [1.165, 1.54) is 17.0 Å². The molecule has 0 unspecified atom stereocenters. The Morgan fingerprint density at radius 2 is 1.92 bits per heavy atom. The van der Waals surface area contributed by atoms with Gasteiger partial charge in [-0.25, -0.2) is 4.98 Å². The van der Waals surface area contributed by atoms with Crippen LogP contribution in [0.4, 0.5) is 11.4 Å². The summed E-state index contributed by atoms with van der Waals surface area (Å²) in [5.74, 6) is -0.249. The molecule has 0 fully saturated rings. The lowest BCUT2D eigenvalue weighted by Crippen LogP contribution is -2.27. The van der Waals surface area contributed by atoms with Crippen molar-refractivity contribution in [2.75, 3.05) is 23.3 Å². The normalized spacial score (nSPS) is 10.5. The van der Waals surface area contributed by atoms with Gasteiger partial charge in [-0.3, -0.25) is 14.2 Å². The van der Waals surface area contributed by atoms with E-state index < -0.39 is 0 Å². The number of anilines is 2. The zero-order valence-electron chi connectivity index (χ0n) is 14.7. The Balaban J connectivity index is 2.10. The number of carbonyl (C=O) groups excluding carboxylic acids is 1. The van der Waals surface area contributed by atoms with E-state index in [9.17, 15) is 9.59 Å². The van der Waals surface area contributed by atoms with Crippen molar-refractivity contribution < 1.29 is 4.79 Å². The molecule has 1 aromatic carbocycles. The van der Waals surface area contributed by atoms with Crippen LogP contribution in [0.25, 0.3) is 0 Å². The van der Waals surface area contributed by atoms with Gasteiger partial charge in [-0.1, -0.05) is 0 Å². The zero-order valence-corrected chi connectivity index (χ0v) is 14.7. The molecule has 2 rings (SSSR count). The van der Waals surface area contributed by atoms with Gasteiger partial charge < -0.3 is 10.2 Å². The summed E-state index contributed by atoms with van der Waals surface area (Å²) in [4.78, 5) is 30.3. The van der Waals surface area contributed by atoms with E-state index >= 15 is 0 Å². The minimum Gasteiger partial charge on any atom is -0.372 e. The molecule has 24 heavy (non-hydrogen) atoms. The Morgan fingerprint density at radius 3 is 2.50 bits per heavy atom. The monoisotopic (exact) mass is 328 g/mol. The molecule has 0 atom stereocenters. The van der Waals surface area contributed by atoms with E-state index in [-0.39, 0.29) is 18.0 Å². The van der Waals surface area contributed by atoms with Crippen LogP contribution in [0.1, 0.15) is 25.1 Å². The Hall–Kier alpha value is -2.63. The number of amides is 1. The number of aryl methyl sites for hydroxylation is 2. The molecule has 1 N–H and O–H groups in total. The summed E-state index contributed by atoms with van der Waals surface area (Å²) in [5, 5.41) is 2.86. The average molecular weight is 328 g/mol. The Morgan fingerprint density at radius 1 is 1.21 bits per heavy atom. The molecule has 0 saturated heterocycles. The van der Waals surface area contributed by atoms with Crippen molar-refractivity contribution in [1.29, 1.82) is 0 Å². The van der Waals surface area contributed by atoms with Crippen molar-refractivity contribution in [2.45, 2.75) is 34.2 Å². The maximum Gasteiger partial charge on any atom is 0.253 e. The first kappa shape index (κ1) is 17.7. The molecule has 1 amide bonds. The predicted octanol–water partition coefficient (Wildman–Crippen LogP) is 2.35. The molecule has 0 aliphatic heterocycles. The number of aromatic nitrogens is 2. The van der Waals surface area contributed by atoms with E-state index in [2.05, 4.69) is 35.1 Å². The number of nitrogens with zero attached hydrogens (tertiary/aromatic N) is 3. The molecule has 0 aliphatic carbocycles. The fraction of sp³-hybridized carbons (Fsp3) is 0.389. The molecule has 2 aromatic rings. The van der Waals surface area contributed by atoms with Gasteiger partial charge in [0.25, 0.3) is 5.56 Å². The molecule has 1 aromatic heterocycles. The highest BCUT2D eigenvalue weighted by molar-refractivity contribution is 5.91. The average Bonchev–Trinajstić information content (AvgIpc) is 2.54. The molecule has 128 valence electrons. The first-order chi connectivity index (χ1) is 11.4. The Kier molecular flexibility index (Phi) is 5.73. The summed E-state index contributed by atoms with van der Waals surface area (Å²) in [6.07, 6.45) is 1.40. The standard InChI is InChI=1S/C18H24N4O2/c1-5-21(6-2)15-7-8-16(13(3)9-15)20-17(23)11-22-12-19-14(4)10-18(22)24/h7-10,12H,5-6,11H2,1-4H3,(H,20,23). The second kappa shape index (κ2) is 7.77. The minimum absolute atomic E-state index is 0.0522. The van der Waals surface area contributed by atoms with E-state index in [1.807, 2.05) is 19.1 Å². The quantitative estimate of drug-likeness (QED) is 0.884. The second-order valence-electron chi connectivity index (χ2n) is 5.72. The van der Waals surface area contributed by atoms with Gasteiger partial charge in [0, 0.05) is 36.2 Å². The number of hydrogen-bond acceptors (Lipinski definition) is 4. The molecule has 0 spiro atoms. The Bertz CT molecular complexity index is 779. The first-order valence-corrected chi connectivity index (χ1v) is 8.13. The molecule has 0 radical (unpaired) electrons. The summed E-state index contributed by atoms with van der Waals surface area (Å²) in [7, 11) is 0. The van der Waals surface area contributed by atoms with Crippen LogP contribution in [0.15, 0.2) is 35.4 Å². The van der Waals surface area contributed by atoms with Crippen LogP contribution in [0.3, 0.4) is 0 Å². The van der Waals surface area contributed by atoms with E-state index in [1.54, 1.807) is 6.92 Å². The molecular formula is C18H24N4O2. The van der Waals surface area contributed by atoms with Gasteiger partial charge in [-0.2, -0.15) is 0 Å². The largest absolute Gasteiger partial charge is 0.372 e. The van der Waals surface area contributed by atoms with Gasteiger partial charge in [-0.15, -0.1) is 0 Å². The van der Waals surface area contributed by atoms with Crippen molar-refractivity contribution in [3.63, 3.8) is 0 Å². The maximum absolute atomic E-state index is 12.2.